The maximum absolute atomic E-state index is 12.8. The molecule has 8 nitrogen and oxygen atoms in total. The summed E-state index contributed by atoms with van der Waals surface area (Å²) in [5, 5.41) is 8.38. The number of carbonyl (C=O) groups is 2. The van der Waals surface area contributed by atoms with E-state index in [1.165, 1.54) is 18.2 Å². The third-order valence-corrected chi connectivity index (χ3v) is 6.29. The zero-order valence-corrected chi connectivity index (χ0v) is 21.1. The molecule has 180 valence electrons. The number of amidine groups is 1. The number of nitrogens with zero attached hydrogens (tertiary/aromatic N) is 2. The molecule has 0 aromatic heterocycles. The second kappa shape index (κ2) is 10.7. The van der Waals surface area contributed by atoms with Crippen molar-refractivity contribution in [2.75, 3.05) is 9.73 Å². The van der Waals surface area contributed by atoms with Crippen LogP contribution in [-0.2, 0) is 16.1 Å². The highest BCUT2D eigenvalue weighted by atomic mass is 35.5. The second-order valence-corrected chi connectivity index (χ2v) is 9.51. The Bertz CT molecular complexity index is 1340. The van der Waals surface area contributed by atoms with Gasteiger partial charge >= 0.3 is 11.3 Å². The zero-order chi connectivity index (χ0) is 25.1. The number of hydrogen-bond acceptors (Lipinski definition) is 5. The smallest absolute Gasteiger partial charge is 0.316 e. The Morgan fingerprint density at radius 1 is 1.06 bits per heavy atom. The predicted molar refractivity (Wildman–Crippen MR) is 138 cm³/mol. The Balaban J connectivity index is 1.43. The standard InChI is InChI=1S/C23H17Cl3N4O4S/c1-13-5-7-17(8-6-13)34-35(33)29-16-4-2-3-14(9-16)23(32)27-20-12-21(31)30(28-20)22-18(25)10-15(24)11-19(22)26/h2-11,29H,12H2,1H3,(H,27,28,32). The highest BCUT2D eigenvalue weighted by Crippen LogP contribution is 2.38. The summed E-state index contributed by atoms with van der Waals surface area (Å²) in [5.41, 5.74) is 1.87. The average Bonchev–Trinajstić information content (AvgIpc) is 3.14. The highest BCUT2D eigenvalue weighted by molar-refractivity contribution is 7.81. The first kappa shape index (κ1) is 25.0. The lowest BCUT2D eigenvalue weighted by atomic mass is 10.2. The van der Waals surface area contributed by atoms with Crippen LogP contribution < -0.4 is 19.2 Å². The van der Waals surface area contributed by atoms with Crippen molar-refractivity contribution in [2.45, 2.75) is 13.3 Å². The molecule has 0 fully saturated rings. The van der Waals surface area contributed by atoms with E-state index in [4.69, 9.17) is 39.0 Å². The molecule has 3 aromatic carbocycles. The van der Waals surface area contributed by atoms with Crippen molar-refractivity contribution in [1.82, 2.24) is 5.32 Å². The van der Waals surface area contributed by atoms with Crippen LogP contribution in [0.3, 0.4) is 0 Å². The first-order chi connectivity index (χ1) is 16.7. The second-order valence-electron chi connectivity index (χ2n) is 7.42. The summed E-state index contributed by atoms with van der Waals surface area (Å²) >= 11 is 16.4. The first-order valence-corrected chi connectivity index (χ1v) is 12.3. The van der Waals surface area contributed by atoms with Crippen LogP contribution in [0.15, 0.2) is 65.8 Å². The number of carbonyl (C=O) groups excluding carboxylic acids is 2. The van der Waals surface area contributed by atoms with Crippen LogP contribution in [0, 0.1) is 6.92 Å². The molecule has 0 saturated heterocycles. The predicted octanol–water partition coefficient (Wildman–Crippen LogP) is 5.51. The van der Waals surface area contributed by atoms with Crippen LogP contribution in [-0.4, -0.2) is 21.9 Å². The first-order valence-electron chi connectivity index (χ1n) is 10.1. The lowest BCUT2D eigenvalue weighted by Gasteiger charge is -2.15. The SMILES string of the molecule is Cc1ccc(OS(=O)Nc2cccc(C(=O)NC3=NN(c4c(Cl)cc(Cl)cc4Cl)C(=O)C3)c2)cc1. The molecule has 1 aliphatic rings. The fraction of sp³-hybridized carbons (Fsp3) is 0.0870. The van der Waals surface area contributed by atoms with E-state index in [1.807, 2.05) is 19.1 Å². The van der Waals surface area contributed by atoms with Crippen LogP contribution in [0.1, 0.15) is 22.3 Å². The largest absolute Gasteiger partial charge is 0.385 e. The van der Waals surface area contributed by atoms with Gasteiger partial charge in [0.15, 0.2) is 0 Å². The van der Waals surface area contributed by atoms with Gasteiger partial charge in [0.05, 0.1) is 22.2 Å². The van der Waals surface area contributed by atoms with Crippen LogP contribution in [0.5, 0.6) is 5.75 Å². The van der Waals surface area contributed by atoms with E-state index in [0.29, 0.717) is 16.5 Å². The zero-order valence-electron chi connectivity index (χ0n) is 18.1. The van der Waals surface area contributed by atoms with E-state index in [9.17, 15) is 13.8 Å². The quantitative estimate of drug-likeness (QED) is 0.422. The molecule has 4 rings (SSSR count). The molecule has 0 bridgehead atoms. The fourth-order valence-corrected chi connectivity index (χ4v) is 4.76. The highest BCUT2D eigenvalue weighted by Gasteiger charge is 2.30. The number of hydrogen-bond donors (Lipinski definition) is 2. The van der Waals surface area contributed by atoms with Crippen LogP contribution >= 0.6 is 34.8 Å². The molecule has 3 aromatic rings. The maximum atomic E-state index is 12.8. The third kappa shape index (κ3) is 6.12. The lowest BCUT2D eigenvalue weighted by molar-refractivity contribution is -0.116. The van der Waals surface area contributed by atoms with Gasteiger partial charge in [-0.1, -0.05) is 58.6 Å². The maximum Gasteiger partial charge on any atom is 0.316 e. The molecule has 12 heteroatoms. The summed E-state index contributed by atoms with van der Waals surface area (Å²) in [5.74, 6) is -0.387. The van der Waals surface area contributed by atoms with Crippen molar-refractivity contribution in [1.29, 1.82) is 0 Å². The van der Waals surface area contributed by atoms with Gasteiger partial charge in [-0.05, 0) is 49.4 Å². The molecule has 1 aliphatic heterocycles. The number of hydrazone groups is 1. The van der Waals surface area contributed by atoms with Gasteiger partial charge in [0.25, 0.3) is 11.8 Å². The van der Waals surface area contributed by atoms with Crippen molar-refractivity contribution in [3.63, 3.8) is 0 Å². The van der Waals surface area contributed by atoms with Crippen molar-refractivity contribution in [3.05, 3.63) is 86.9 Å². The van der Waals surface area contributed by atoms with Crippen molar-refractivity contribution < 1.29 is 18.0 Å². The van der Waals surface area contributed by atoms with Crippen LogP contribution in [0.25, 0.3) is 0 Å². The Morgan fingerprint density at radius 3 is 2.43 bits per heavy atom. The van der Waals surface area contributed by atoms with Gasteiger partial charge in [0.2, 0.25) is 0 Å². The summed E-state index contributed by atoms with van der Waals surface area (Å²) in [7, 11) is 0. The molecule has 2 amide bonds. The number of benzene rings is 3. The van der Waals surface area contributed by atoms with Crippen molar-refractivity contribution >= 4 is 75.1 Å². The van der Waals surface area contributed by atoms with Gasteiger partial charge in [0, 0.05) is 10.6 Å². The van der Waals surface area contributed by atoms with E-state index in [0.717, 1.165) is 10.6 Å². The molecule has 0 spiro atoms. The Hall–Kier alpha value is -3.11. The van der Waals surface area contributed by atoms with Gasteiger partial charge in [-0.2, -0.15) is 14.3 Å². The van der Waals surface area contributed by atoms with Gasteiger partial charge in [-0.15, -0.1) is 0 Å². The molecule has 0 saturated carbocycles. The topological polar surface area (TPSA) is 100 Å². The minimum atomic E-state index is -1.88. The Labute approximate surface area is 218 Å². The van der Waals surface area contributed by atoms with Gasteiger partial charge in [-0.3, -0.25) is 14.3 Å². The van der Waals surface area contributed by atoms with Crippen molar-refractivity contribution in [3.8, 4) is 5.75 Å². The van der Waals surface area contributed by atoms with Crippen LogP contribution in [0.2, 0.25) is 15.1 Å². The normalized spacial score (nSPS) is 13.9. The summed E-state index contributed by atoms with van der Waals surface area (Å²) in [4.78, 5) is 25.3. The number of halogens is 3. The fourth-order valence-electron chi connectivity index (χ4n) is 3.14. The summed E-state index contributed by atoms with van der Waals surface area (Å²) in [6, 6.07) is 16.3. The molecule has 0 radical (unpaired) electrons. The molecule has 2 N–H and O–H groups in total. The lowest BCUT2D eigenvalue weighted by Crippen LogP contribution is -2.29. The molecular weight excluding hydrogens is 535 g/mol. The van der Waals surface area contributed by atoms with E-state index >= 15 is 0 Å². The number of anilines is 2. The number of rotatable bonds is 6. The molecular formula is C23H17Cl3N4O4S. The minimum Gasteiger partial charge on any atom is -0.385 e. The van der Waals surface area contributed by atoms with E-state index in [1.54, 1.807) is 30.3 Å². The Morgan fingerprint density at radius 2 is 1.74 bits per heavy atom. The summed E-state index contributed by atoms with van der Waals surface area (Å²) in [6.07, 6.45) is -0.159. The molecule has 1 atom stereocenters. The minimum absolute atomic E-state index is 0.117. The van der Waals surface area contributed by atoms with E-state index < -0.39 is 23.1 Å². The summed E-state index contributed by atoms with van der Waals surface area (Å²) < 4.78 is 20.3. The third-order valence-electron chi connectivity index (χ3n) is 4.75. The molecule has 1 heterocycles. The average molecular weight is 552 g/mol. The monoisotopic (exact) mass is 550 g/mol. The van der Waals surface area contributed by atoms with Crippen LogP contribution in [0.4, 0.5) is 11.4 Å². The molecule has 35 heavy (non-hydrogen) atoms. The molecule has 1 unspecified atom stereocenters. The van der Waals surface area contributed by atoms with E-state index in [2.05, 4.69) is 15.1 Å². The Kier molecular flexibility index (Phi) is 7.61. The number of nitrogens with one attached hydrogen (secondary N) is 2. The van der Waals surface area contributed by atoms with Gasteiger partial charge in [-0.25, -0.2) is 0 Å². The number of amides is 2. The molecule has 0 aliphatic carbocycles. The van der Waals surface area contributed by atoms with E-state index in [-0.39, 0.29) is 33.6 Å². The van der Waals surface area contributed by atoms with Gasteiger partial charge in [0.1, 0.15) is 17.3 Å². The van der Waals surface area contributed by atoms with Gasteiger partial charge < -0.3 is 9.50 Å². The summed E-state index contributed by atoms with van der Waals surface area (Å²) in [6.45, 7) is 1.93. The van der Waals surface area contributed by atoms with Crippen molar-refractivity contribution in [2.24, 2.45) is 5.10 Å². The number of aryl methyl sites for hydroxylation is 1.